The number of aliphatic carboxylic acids is 1. The maximum absolute atomic E-state index is 12.1. The lowest BCUT2D eigenvalue weighted by Crippen LogP contribution is -2.55. The lowest BCUT2D eigenvalue weighted by atomic mass is 9.96. The highest BCUT2D eigenvalue weighted by Gasteiger charge is 2.48. The van der Waals surface area contributed by atoms with E-state index in [0.29, 0.717) is 5.69 Å². The van der Waals surface area contributed by atoms with E-state index in [0.717, 1.165) is 28.4 Å². The third-order valence-electron chi connectivity index (χ3n) is 3.88. The molecule has 21 heavy (non-hydrogen) atoms. The molecule has 1 atom stereocenters. The van der Waals surface area contributed by atoms with Crippen molar-refractivity contribution in [1.29, 1.82) is 0 Å². The Kier molecular flexibility index (Phi) is 4.27. The summed E-state index contributed by atoms with van der Waals surface area (Å²) in [6.07, 6.45) is 1.66. The number of amides is 2. The van der Waals surface area contributed by atoms with E-state index in [9.17, 15) is 14.7 Å². The predicted octanol–water partition coefficient (Wildman–Crippen LogP) is 3.44. The molecule has 0 aliphatic heterocycles. The first-order valence-corrected chi connectivity index (χ1v) is 7.62. The van der Waals surface area contributed by atoms with Gasteiger partial charge in [0.25, 0.3) is 0 Å². The summed E-state index contributed by atoms with van der Waals surface area (Å²) in [4.78, 5) is 23.6. The summed E-state index contributed by atoms with van der Waals surface area (Å²) in [7, 11) is 0. The van der Waals surface area contributed by atoms with Gasteiger partial charge in [-0.15, -0.1) is 0 Å². The van der Waals surface area contributed by atoms with Crippen LogP contribution in [0.3, 0.4) is 0 Å². The summed E-state index contributed by atoms with van der Waals surface area (Å²) in [6, 6.07) is 3.36. The molecule has 2 rings (SSSR count). The number of carboxylic acids is 1. The molecule has 0 aromatic heterocycles. The summed E-state index contributed by atoms with van der Waals surface area (Å²) in [5, 5.41) is 14.7. The van der Waals surface area contributed by atoms with E-state index in [-0.39, 0.29) is 5.92 Å². The second-order valence-corrected chi connectivity index (χ2v) is 6.65. The highest BCUT2D eigenvalue weighted by atomic mass is 79.9. The number of benzene rings is 1. The molecule has 0 spiro atoms. The van der Waals surface area contributed by atoms with Gasteiger partial charge in [-0.2, -0.15) is 0 Å². The first kappa shape index (κ1) is 15.8. The number of urea groups is 1. The van der Waals surface area contributed by atoms with Gasteiger partial charge >= 0.3 is 12.0 Å². The van der Waals surface area contributed by atoms with Crippen molar-refractivity contribution in [2.24, 2.45) is 5.92 Å². The number of hydrogen-bond acceptors (Lipinski definition) is 2. The van der Waals surface area contributed by atoms with Crippen molar-refractivity contribution < 1.29 is 14.7 Å². The van der Waals surface area contributed by atoms with Crippen molar-refractivity contribution in [2.45, 2.75) is 39.2 Å². The molecule has 1 aromatic carbocycles. The van der Waals surface area contributed by atoms with Gasteiger partial charge in [-0.25, -0.2) is 9.59 Å². The van der Waals surface area contributed by atoms with Crippen molar-refractivity contribution in [3.05, 3.63) is 27.7 Å². The number of nitrogens with one attached hydrogen (secondary N) is 2. The molecule has 3 N–H and O–H groups in total. The number of carbonyl (C=O) groups is 2. The molecule has 1 fully saturated rings. The molecule has 1 aromatic rings. The lowest BCUT2D eigenvalue weighted by Gasteiger charge is -2.26. The number of halogens is 1. The van der Waals surface area contributed by atoms with Crippen LogP contribution >= 0.6 is 15.9 Å². The van der Waals surface area contributed by atoms with E-state index in [1.165, 1.54) is 0 Å². The zero-order valence-corrected chi connectivity index (χ0v) is 13.9. The maximum Gasteiger partial charge on any atom is 0.329 e. The van der Waals surface area contributed by atoms with Gasteiger partial charge in [-0.3, -0.25) is 0 Å². The molecule has 0 heterocycles. The van der Waals surface area contributed by atoms with Crippen LogP contribution in [0.1, 0.15) is 30.9 Å². The van der Waals surface area contributed by atoms with Crippen LogP contribution in [0.5, 0.6) is 0 Å². The van der Waals surface area contributed by atoms with Gasteiger partial charge in [0, 0.05) is 4.47 Å². The Morgan fingerprint density at radius 2 is 1.95 bits per heavy atom. The van der Waals surface area contributed by atoms with Gasteiger partial charge in [0.15, 0.2) is 0 Å². The predicted molar refractivity (Wildman–Crippen MR) is 84.5 cm³/mol. The molecule has 5 nitrogen and oxygen atoms in total. The Bertz CT molecular complexity index is 576. The molecule has 6 heteroatoms. The third kappa shape index (κ3) is 3.37. The largest absolute Gasteiger partial charge is 0.480 e. The van der Waals surface area contributed by atoms with Crippen LogP contribution in [0, 0.1) is 19.8 Å². The molecule has 1 aliphatic rings. The molecule has 1 saturated carbocycles. The molecule has 1 aliphatic carbocycles. The van der Waals surface area contributed by atoms with Crippen LogP contribution in [-0.4, -0.2) is 22.6 Å². The maximum atomic E-state index is 12.1. The number of hydrogen-bond donors (Lipinski definition) is 3. The van der Waals surface area contributed by atoms with E-state index in [4.69, 9.17) is 0 Å². The van der Waals surface area contributed by atoms with Gasteiger partial charge in [-0.05, 0) is 72.7 Å². The summed E-state index contributed by atoms with van der Waals surface area (Å²) >= 11 is 3.42. The van der Waals surface area contributed by atoms with E-state index in [2.05, 4.69) is 26.6 Å². The first-order valence-electron chi connectivity index (χ1n) is 6.83. The number of carbonyl (C=O) groups excluding carboxylic acids is 1. The molecular formula is C15H19BrN2O3. The Balaban J connectivity index is 2.13. The topological polar surface area (TPSA) is 78.4 Å². The molecule has 1 unspecified atom stereocenters. The number of carboxylic acid groups (broad SMARTS) is 1. The Hall–Kier alpha value is -1.56. The van der Waals surface area contributed by atoms with Gasteiger partial charge < -0.3 is 15.7 Å². The summed E-state index contributed by atoms with van der Waals surface area (Å²) in [5.74, 6) is -0.997. The fourth-order valence-corrected chi connectivity index (χ4v) is 3.22. The first-order chi connectivity index (χ1) is 9.74. The van der Waals surface area contributed by atoms with Gasteiger partial charge in [-0.1, -0.05) is 6.07 Å². The Morgan fingerprint density at radius 1 is 1.33 bits per heavy atom. The SMILES string of the molecule is Cc1cc(C)c(NC(=O)NC(C)(C(=O)O)C2CC2)c(Br)c1. The molecule has 0 saturated heterocycles. The molecule has 2 amide bonds. The van der Waals surface area contributed by atoms with Crippen molar-refractivity contribution in [2.75, 3.05) is 5.32 Å². The molecular weight excluding hydrogens is 336 g/mol. The lowest BCUT2D eigenvalue weighted by molar-refractivity contribution is -0.144. The van der Waals surface area contributed by atoms with Crippen molar-refractivity contribution in [1.82, 2.24) is 5.32 Å². The van der Waals surface area contributed by atoms with Gasteiger partial charge in [0.2, 0.25) is 0 Å². The highest BCUT2D eigenvalue weighted by Crippen LogP contribution is 2.39. The van der Waals surface area contributed by atoms with E-state index >= 15 is 0 Å². The van der Waals surface area contributed by atoms with Crippen molar-refractivity contribution in [3.63, 3.8) is 0 Å². The average Bonchev–Trinajstić information content (AvgIpc) is 3.17. The number of rotatable bonds is 4. The number of aryl methyl sites for hydroxylation is 2. The summed E-state index contributed by atoms with van der Waals surface area (Å²) < 4.78 is 0.776. The van der Waals surface area contributed by atoms with Gasteiger partial charge in [0.1, 0.15) is 5.54 Å². The van der Waals surface area contributed by atoms with Crippen molar-refractivity contribution in [3.8, 4) is 0 Å². The Morgan fingerprint density at radius 3 is 2.43 bits per heavy atom. The minimum absolute atomic E-state index is 0.00306. The quantitative estimate of drug-likeness (QED) is 0.774. The highest BCUT2D eigenvalue weighted by molar-refractivity contribution is 9.10. The molecule has 0 radical (unpaired) electrons. The van der Waals surface area contributed by atoms with Crippen LogP contribution in [0.2, 0.25) is 0 Å². The summed E-state index contributed by atoms with van der Waals surface area (Å²) in [6.45, 7) is 5.42. The third-order valence-corrected chi connectivity index (χ3v) is 4.51. The fraction of sp³-hybridized carbons (Fsp3) is 0.467. The van der Waals surface area contributed by atoms with Crippen LogP contribution < -0.4 is 10.6 Å². The monoisotopic (exact) mass is 354 g/mol. The number of anilines is 1. The second-order valence-electron chi connectivity index (χ2n) is 5.80. The zero-order valence-electron chi connectivity index (χ0n) is 12.3. The van der Waals surface area contributed by atoms with Crippen molar-refractivity contribution >= 4 is 33.6 Å². The van der Waals surface area contributed by atoms with Crippen LogP contribution in [-0.2, 0) is 4.79 Å². The summed E-state index contributed by atoms with van der Waals surface area (Å²) in [5.41, 5.74) is 1.44. The molecule has 114 valence electrons. The smallest absolute Gasteiger partial charge is 0.329 e. The minimum atomic E-state index is -1.21. The van der Waals surface area contributed by atoms with Gasteiger partial charge in [0.05, 0.1) is 5.69 Å². The van der Waals surface area contributed by atoms with Crippen LogP contribution in [0.25, 0.3) is 0 Å². The average molecular weight is 355 g/mol. The standard InChI is InChI=1S/C15H19BrN2O3/c1-8-6-9(2)12(11(16)7-8)17-14(21)18-15(3,13(19)20)10-4-5-10/h6-7,10H,4-5H2,1-3H3,(H,19,20)(H2,17,18,21). The van der Waals surface area contributed by atoms with Crippen LogP contribution in [0.4, 0.5) is 10.5 Å². The van der Waals surface area contributed by atoms with Crippen LogP contribution in [0.15, 0.2) is 16.6 Å². The second kappa shape index (κ2) is 5.67. The zero-order chi connectivity index (χ0) is 15.8. The minimum Gasteiger partial charge on any atom is -0.480 e. The van der Waals surface area contributed by atoms with E-state index in [1.807, 2.05) is 26.0 Å². The van der Waals surface area contributed by atoms with E-state index in [1.54, 1.807) is 6.92 Å². The van der Waals surface area contributed by atoms with E-state index < -0.39 is 17.5 Å². The Labute approximate surface area is 132 Å². The fourth-order valence-electron chi connectivity index (χ4n) is 2.45. The molecule has 0 bridgehead atoms. The normalized spacial score (nSPS) is 17.0.